The van der Waals surface area contributed by atoms with E-state index in [9.17, 15) is 19.5 Å². The Hall–Kier alpha value is -1.69. The zero-order chi connectivity index (χ0) is 16.7. The highest BCUT2D eigenvalue weighted by molar-refractivity contribution is 9.10. The molecule has 1 fully saturated rings. The predicted octanol–water partition coefficient (Wildman–Crippen LogP) is 3.56. The van der Waals surface area contributed by atoms with Crippen LogP contribution in [-0.2, 0) is 15.0 Å². The SMILES string of the molecule is CC(C)(C)C1(c2ccc(Br)cc2)CCC(=O)N(C(=O)O)C1=O. The van der Waals surface area contributed by atoms with E-state index in [0.29, 0.717) is 11.3 Å². The molecule has 5 nitrogen and oxygen atoms in total. The number of likely N-dealkylation sites (tertiary alicyclic amines) is 1. The number of nitrogens with zero attached hydrogens (tertiary/aromatic N) is 1. The molecule has 1 atom stereocenters. The van der Waals surface area contributed by atoms with Crippen LogP contribution in [-0.4, -0.2) is 27.9 Å². The van der Waals surface area contributed by atoms with Crippen molar-refractivity contribution in [1.82, 2.24) is 4.90 Å². The van der Waals surface area contributed by atoms with Crippen molar-refractivity contribution in [3.8, 4) is 0 Å². The Morgan fingerprint density at radius 2 is 1.77 bits per heavy atom. The lowest BCUT2D eigenvalue weighted by Gasteiger charge is -2.47. The first-order chi connectivity index (χ1) is 10.1. The second kappa shape index (κ2) is 5.50. The van der Waals surface area contributed by atoms with Gasteiger partial charge >= 0.3 is 6.09 Å². The quantitative estimate of drug-likeness (QED) is 0.770. The number of carbonyl (C=O) groups excluding carboxylic acids is 2. The first-order valence-electron chi connectivity index (χ1n) is 6.97. The van der Waals surface area contributed by atoms with Gasteiger partial charge in [0, 0.05) is 10.9 Å². The number of hydrogen-bond donors (Lipinski definition) is 1. The Balaban J connectivity index is 2.65. The van der Waals surface area contributed by atoms with Crippen LogP contribution in [0.3, 0.4) is 0 Å². The Kier molecular flexibility index (Phi) is 4.17. The van der Waals surface area contributed by atoms with Gasteiger partial charge in [-0.25, -0.2) is 4.79 Å². The van der Waals surface area contributed by atoms with Gasteiger partial charge in [0.05, 0.1) is 5.41 Å². The highest BCUT2D eigenvalue weighted by atomic mass is 79.9. The number of piperidine rings is 1. The average molecular weight is 368 g/mol. The van der Waals surface area contributed by atoms with Crippen LogP contribution in [0.15, 0.2) is 28.7 Å². The molecule has 0 aliphatic carbocycles. The fourth-order valence-corrected chi connectivity index (χ4v) is 3.41. The van der Waals surface area contributed by atoms with Gasteiger partial charge in [-0.1, -0.05) is 48.8 Å². The predicted molar refractivity (Wildman–Crippen MR) is 84.4 cm³/mol. The molecule has 0 radical (unpaired) electrons. The van der Waals surface area contributed by atoms with E-state index < -0.39 is 28.7 Å². The third-order valence-electron chi connectivity index (χ3n) is 4.34. The fourth-order valence-electron chi connectivity index (χ4n) is 3.14. The summed E-state index contributed by atoms with van der Waals surface area (Å²) in [6.07, 6.45) is -1.18. The third kappa shape index (κ3) is 2.45. The van der Waals surface area contributed by atoms with Gasteiger partial charge in [0.1, 0.15) is 0 Å². The molecule has 0 saturated carbocycles. The van der Waals surface area contributed by atoms with Crippen LogP contribution in [0.4, 0.5) is 4.79 Å². The molecule has 1 aromatic rings. The first kappa shape index (κ1) is 16.7. The molecule has 1 heterocycles. The van der Waals surface area contributed by atoms with Gasteiger partial charge in [-0.15, -0.1) is 0 Å². The molecule has 2 rings (SSSR count). The molecule has 1 saturated heterocycles. The summed E-state index contributed by atoms with van der Waals surface area (Å²) in [6, 6.07) is 7.25. The molecule has 118 valence electrons. The highest BCUT2D eigenvalue weighted by Gasteiger charge is 2.56. The van der Waals surface area contributed by atoms with E-state index >= 15 is 0 Å². The van der Waals surface area contributed by atoms with E-state index in [2.05, 4.69) is 15.9 Å². The number of imide groups is 3. The molecule has 22 heavy (non-hydrogen) atoms. The second-order valence-corrected chi connectivity index (χ2v) is 7.39. The van der Waals surface area contributed by atoms with Gasteiger partial charge in [-0.2, -0.15) is 4.90 Å². The Labute approximate surface area is 137 Å². The van der Waals surface area contributed by atoms with E-state index in [1.54, 1.807) is 0 Å². The lowest BCUT2D eigenvalue weighted by Crippen LogP contribution is -2.60. The molecule has 1 N–H and O–H groups in total. The zero-order valence-corrected chi connectivity index (χ0v) is 14.3. The van der Waals surface area contributed by atoms with Gasteiger partial charge in [0.25, 0.3) is 0 Å². The number of halogens is 1. The second-order valence-electron chi connectivity index (χ2n) is 6.48. The van der Waals surface area contributed by atoms with Crippen LogP contribution < -0.4 is 0 Å². The van der Waals surface area contributed by atoms with E-state index in [-0.39, 0.29) is 6.42 Å². The summed E-state index contributed by atoms with van der Waals surface area (Å²) in [5.41, 5.74) is -0.848. The topological polar surface area (TPSA) is 74.7 Å². The van der Waals surface area contributed by atoms with Gasteiger partial charge in [0.2, 0.25) is 11.8 Å². The van der Waals surface area contributed by atoms with Crippen molar-refractivity contribution >= 4 is 33.8 Å². The van der Waals surface area contributed by atoms with Gasteiger partial charge in [-0.3, -0.25) is 9.59 Å². The minimum atomic E-state index is -1.51. The lowest BCUT2D eigenvalue weighted by molar-refractivity contribution is -0.154. The number of hydrogen-bond acceptors (Lipinski definition) is 3. The van der Waals surface area contributed by atoms with Gasteiger partial charge in [0.15, 0.2) is 0 Å². The van der Waals surface area contributed by atoms with E-state index in [1.807, 2.05) is 45.0 Å². The van der Waals surface area contributed by atoms with Crippen molar-refractivity contribution in [3.63, 3.8) is 0 Å². The van der Waals surface area contributed by atoms with Crippen LogP contribution in [0.1, 0.15) is 39.2 Å². The van der Waals surface area contributed by atoms with E-state index in [4.69, 9.17) is 0 Å². The van der Waals surface area contributed by atoms with E-state index in [1.165, 1.54) is 0 Å². The van der Waals surface area contributed by atoms with Crippen LogP contribution in [0, 0.1) is 5.41 Å². The minimum absolute atomic E-state index is 0.0331. The summed E-state index contributed by atoms with van der Waals surface area (Å²) in [6.45, 7) is 5.67. The summed E-state index contributed by atoms with van der Waals surface area (Å²) in [7, 11) is 0. The Morgan fingerprint density at radius 3 is 2.23 bits per heavy atom. The Bertz CT molecular complexity index is 633. The number of benzene rings is 1. The monoisotopic (exact) mass is 367 g/mol. The molecule has 0 bridgehead atoms. The summed E-state index contributed by atoms with van der Waals surface area (Å²) >= 11 is 3.35. The van der Waals surface area contributed by atoms with Crippen molar-refractivity contribution in [3.05, 3.63) is 34.3 Å². The smallest absolute Gasteiger partial charge is 0.421 e. The Morgan fingerprint density at radius 1 is 1.23 bits per heavy atom. The fraction of sp³-hybridized carbons (Fsp3) is 0.438. The maximum atomic E-state index is 12.9. The maximum Gasteiger partial charge on any atom is 0.421 e. The lowest BCUT2D eigenvalue weighted by atomic mass is 9.58. The summed E-state index contributed by atoms with van der Waals surface area (Å²) < 4.78 is 0.870. The van der Waals surface area contributed by atoms with Crippen molar-refractivity contribution in [2.75, 3.05) is 0 Å². The molecule has 0 spiro atoms. The largest absolute Gasteiger partial charge is 0.464 e. The number of amides is 3. The average Bonchev–Trinajstić information content (AvgIpc) is 2.38. The number of carboxylic acid groups (broad SMARTS) is 1. The van der Waals surface area contributed by atoms with E-state index in [0.717, 1.165) is 10.0 Å². The van der Waals surface area contributed by atoms with Crippen molar-refractivity contribution in [2.24, 2.45) is 5.41 Å². The van der Waals surface area contributed by atoms with Crippen molar-refractivity contribution in [1.29, 1.82) is 0 Å². The summed E-state index contributed by atoms with van der Waals surface area (Å²) in [5.74, 6) is -1.32. The van der Waals surface area contributed by atoms with Crippen LogP contribution in [0.25, 0.3) is 0 Å². The molecule has 1 unspecified atom stereocenters. The molecule has 1 aliphatic heterocycles. The minimum Gasteiger partial charge on any atom is -0.464 e. The zero-order valence-electron chi connectivity index (χ0n) is 12.7. The van der Waals surface area contributed by atoms with Crippen molar-refractivity contribution in [2.45, 2.75) is 39.0 Å². The highest BCUT2D eigenvalue weighted by Crippen LogP contribution is 2.49. The van der Waals surface area contributed by atoms with Crippen LogP contribution >= 0.6 is 15.9 Å². The number of carbonyl (C=O) groups is 3. The molecule has 0 aromatic heterocycles. The van der Waals surface area contributed by atoms with Crippen molar-refractivity contribution < 1.29 is 19.5 Å². The molecule has 1 aliphatic rings. The molecule has 3 amide bonds. The van der Waals surface area contributed by atoms with Gasteiger partial charge in [-0.05, 0) is 29.5 Å². The first-order valence-corrected chi connectivity index (χ1v) is 7.77. The molecule has 1 aromatic carbocycles. The third-order valence-corrected chi connectivity index (χ3v) is 4.87. The summed E-state index contributed by atoms with van der Waals surface area (Å²) in [5, 5.41) is 9.24. The normalized spacial score (nSPS) is 22.8. The van der Waals surface area contributed by atoms with Gasteiger partial charge < -0.3 is 5.11 Å². The maximum absolute atomic E-state index is 12.9. The summed E-state index contributed by atoms with van der Waals surface area (Å²) in [4.78, 5) is 36.5. The molecular formula is C16H18BrNO4. The number of rotatable bonds is 1. The molecular weight excluding hydrogens is 350 g/mol. The van der Waals surface area contributed by atoms with Crippen LogP contribution in [0.2, 0.25) is 0 Å². The standard InChI is InChI=1S/C16H18BrNO4/c1-15(2,3)16(10-4-6-11(17)7-5-10)9-8-12(19)18(13(16)20)14(21)22/h4-7H,8-9H2,1-3H3,(H,21,22). The molecule has 6 heteroatoms. The van der Waals surface area contributed by atoms with Crippen LogP contribution in [0.5, 0.6) is 0 Å².